The van der Waals surface area contributed by atoms with Gasteiger partial charge >= 0.3 is 0 Å². The van der Waals surface area contributed by atoms with Crippen LogP contribution in [0.2, 0.25) is 10.0 Å². The van der Waals surface area contributed by atoms with E-state index in [4.69, 9.17) is 32.7 Å². The molecule has 0 saturated heterocycles. The zero-order valence-electron chi connectivity index (χ0n) is 13.5. The molecule has 1 amide bonds. The van der Waals surface area contributed by atoms with Gasteiger partial charge in [0.2, 0.25) is 5.91 Å². The van der Waals surface area contributed by atoms with E-state index in [2.05, 4.69) is 10.6 Å². The number of carbonyl (C=O) groups is 1. The summed E-state index contributed by atoms with van der Waals surface area (Å²) in [5.41, 5.74) is 1.14. The van der Waals surface area contributed by atoms with E-state index in [-0.39, 0.29) is 5.91 Å². The number of hydrogen-bond donors (Lipinski definition) is 2. The maximum atomic E-state index is 12.4. The highest BCUT2D eigenvalue weighted by atomic mass is 35.5. The summed E-state index contributed by atoms with van der Waals surface area (Å²) in [5, 5.41) is 6.76. The van der Waals surface area contributed by atoms with Gasteiger partial charge in [0.1, 0.15) is 17.5 Å². The van der Waals surface area contributed by atoms with Crippen LogP contribution >= 0.6 is 23.2 Å². The smallest absolute Gasteiger partial charge is 0.246 e. The first-order valence-corrected chi connectivity index (χ1v) is 7.94. The molecule has 0 radical (unpaired) electrons. The minimum atomic E-state index is -0.526. The van der Waals surface area contributed by atoms with E-state index in [1.54, 1.807) is 57.5 Å². The molecular formula is C17H18Cl2N2O3. The van der Waals surface area contributed by atoms with Crippen LogP contribution in [0.5, 0.6) is 11.5 Å². The van der Waals surface area contributed by atoms with Crippen LogP contribution in [0, 0.1) is 0 Å². The van der Waals surface area contributed by atoms with E-state index >= 15 is 0 Å². The van der Waals surface area contributed by atoms with Crippen LogP contribution in [0.1, 0.15) is 6.92 Å². The third-order valence-corrected chi connectivity index (χ3v) is 3.92. The molecule has 24 heavy (non-hydrogen) atoms. The summed E-state index contributed by atoms with van der Waals surface area (Å²) in [6, 6.07) is 9.66. The van der Waals surface area contributed by atoms with Gasteiger partial charge in [0.05, 0.1) is 30.6 Å². The van der Waals surface area contributed by atoms with Crippen LogP contribution in [0.4, 0.5) is 11.4 Å². The van der Waals surface area contributed by atoms with Gasteiger partial charge in [-0.1, -0.05) is 23.2 Å². The van der Waals surface area contributed by atoms with E-state index in [0.29, 0.717) is 32.9 Å². The standard InChI is InChI=1S/C17H18Cl2N2O3/c1-10(17(22)21-15-8-11(18)4-6-13(15)19)20-14-7-5-12(23-2)9-16(14)24-3/h4-10,20H,1-3H3,(H,21,22)/t10-/m0/s1. The van der Waals surface area contributed by atoms with Crippen LogP contribution < -0.4 is 20.1 Å². The lowest BCUT2D eigenvalue weighted by Crippen LogP contribution is -2.32. The Morgan fingerprint density at radius 3 is 2.46 bits per heavy atom. The highest BCUT2D eigenvalue weighted by Gasteiger charge is 2.16. The topological polar surface area (TPSA) is 59.6 Å². The molecule has 0 aliphatic carbocycles. The van der Waals surface area contributed by atoms with Crippen molar-refractivity contribution in [2.75, 3.05) is 24.9 Å². The second-order valence-electron chi connectivity index (χ2n) is 5.05. The van der Waals surface area contributed by atoms with Crippen molar-refractivity contribution in [1.82, 2.24) is 0 Å². The van der Waals surface area contributed by atoms with Crippen molar-refractivity contribution in [3.63, 3.8) is 0 Å². The fourth-order valence-corrected chi connectivity index (χ4v) is 2.39. The fourth-order valence-electron chi connectivity index (χ4n) is 2.05. The van der Waals surface area contributed by atoms with Gasteiger partial charge in [0, 0.05) is 11.1 Å². The molecule has 0 fully saturated rings. The van der Waals surface area contributed by atoms with Crippen LogP contribution in [0.3, 0.4) is 0 Å². The number of amides is 1. The van der Waals surface area contributed by atoms with Gasteiger partial charge in [0.15, 0.2) is 0 Å². The molecule has 0 unspecified atom stereocenters. The van der Waals surface area contributed by atoms with E-state index in [9.17, 15) is 4.79 Å². The number of ether oxygens (including phenoxy) is 2. The molecule has 0 saturated carbocycles. The number of methoxy groups -OCH3 is 2. The monoisotopic (exact) mass is 368 g/mol. The molecule has 7 heteroatoms. The van der Waals surface area contributed by atoms with Crippen molar-refractivity contribution in [1.29, 1.82) is 0 Å². The fraction of sp³-hybridized carbons (Fsp3) is 0.235. The van der Waals surface area contributed by atoms with Crippen molar-refractivity contribution < 1.29 is 14.3 Å². The zero-order chi connectivity index (χ0) is 17.7. The van der Waals surface area contributed by atoms with Crippen molar-refractivity contribution in [3.05, 3.63) is 46.4 Å². The largest absolute Gasteiger partial charge is 0.497 e. The Kier molecular flexibility index (Phi) is 6.17. The molecule has 2 aromatic rings. The molecule has 0 heterocycles. The average Bonchev–Trinajstić information content (AvgIpc) is 2.58. The third kappa shape index (κ3) is 4.46. The molecule has 5 nitrogen and oxygen atoms in total. The Morgan fingerprint density at radius 1 is 1.04 bits per heavy atom. The van der Waals surface area contributed by atoms with Gasteiger partial charge in [-0.3, -0.25) is 4.79 Å². The maximum absolute atomic E-state index is 12.4. The maximum Gasteiger partial charge on any atom is 0.246 e. The quantitative estimate of drug-likeness (QED) is 0.790. The molecule has 0 aromatic heterocycles. The molecule has 2 N–H and O–H groups in total. The second-order valence-corrected chi connectivity index (χ2v) is 5.89. The van der Waals surface area contributed by atoms with E-state index in [0.717, 1.165) is 0 Å². The van der Waals surface area contributed by atoms with E-state index < -0.39 is 6.04 Å². The van der Waals surface area contributed by atoms with Gasteiger partial charge in [-0.05, 0) is 37.3 Å². The molecule has 0 bridgehead atoms. The number of halogens is 2. The number of carbonyl (C=O) groups excluding carboxylic acids is 1. The van der Waals surface area contributed by atoms with Crippen LogP contribution in [-0.2, 0) is 4.79 Å². The first-order chi connectivity index (χ1) is 11.4. The molecule has 0 aliphatic rings. The van der Waals surface area contributed by atoms with Crippen molar-refractivity contribution in [3.8, 4) is 11.5 Å². The van der Waals surface area contributed by atoms with Gasteiger partial charge in [-0.15, -0.1) is 0 Å². The molecule has 128 valence electrons. The summed E-state index contributed by atoms with van der Waals surface area (Å²) in [5.74, 6) is 0.993. The summed E-state index contributed by atoms with van der Waals surface area (Å²) in [7, 11) is 3.13. The molecule has 0 aliphatic heterocycles. The van der Waals surface area contributed by atoms with Crippen LogP contribution in [0.25, 0.3) is 0 Å². The molecule has 2 rings (SSSR count). The third-order valence-electron chi connectivity index (χ3n) is 3.36. The highest BCUT2D eigenvalue weighted by molar-refractivity contribution is 6.35. The van der Waals surface area contributed by atoms with Crippen molar-refractivity contribution in [2.24, 2.45) is 0 Å². The minimum absolute atomic E-state index is 0.253. The lowest BCUT2D eigenvalue weighted by atomic mass is 10.2. The summed E-state index contributed by atoms with van der Waals surface area (Å²) in [4.78, 5) is 12.4. The Balaban J connectivity index is 2.10. The Morgan fingerprint density at radius 2 is 1.79 bits per heavy atom. The average molecular weight is 369 g/mol. The SMILES string of the molecule is COc1ccc(N[C@@H](C)C(=O)Nc2cc(Cl)ccc2Cl)c(OC)c1. The summed E-state index contributed by atoms with van der Waals surface area (Å²) in [6.07, 6.45) is 0. The normalized spacial score (nSPS) is 11.5. The van der Waals surface area contributed by atoms with Gasteiger partial charge in [-0.2, -0.15) is 0 Å². The number of rotatable bonds is 6. The van der Waals surface area contributed by atoms with Crippen LogP contribution in [0.15, 0.2) is 36.4 Å². The summed E-state index contributed by atoms with van der Waals surface area (Å²) in [6.45, 7) is 1.73. The first kappa shape index (κ1) is 18.2. The van der Waals surface area contributed by atoms with Gasteiger partial charge in [-0.25, -0.2) is 0 Å². The summed E-state index contributed by atoms with van der Waals surface area (Å²) < 4.78 is 10.5. The van der Waals surface area contributed by atoms with Gasteiger partial charge < -0.3 is 20.1 Å². The molecular weight excluding hydrogens is 351 g/mol. The van der Waals surface area contributed by atoms with Gasteiger partial charge in [0.25, 0.3) is 0 Å². The number of benzene rings is 2. The Bertz CT molecular complexity index is 738. The van der Waals surface area contributed by atoms with E-state index in [1.165, 1.54) is 0 Å². The second kappa shape index (κ2) is 8.13. The highest BCUT2D eigenvalue weighted by Crippen LogP contribution is 2.30. The predicted octanol–water partition coefficient (Wildman–Crippen LogP) is 4.45. The van der Waals surface area contributed by atoms with Crippen molar-refractivity contribution in [2.45, 2.75) is 13.0 Å². The number of hydrogen-bond acceptors (Lipinski definition) is 4. The first-order valence-electron chi connectivity index (χ1n) is 7.19. The minimum Gasteiger partial charge on any atom is -0.497 e. The molecule has 1 atom stereocenters. The zero-order valence-corrected chi connectivity index (χ0v) is 15.0. The molecule has 2 aromatic carbocycles. The summed E-state index contributed by atoms with van der Waals surface area (Å²) >= 11 is 12.0. The lowest BCUT2D eigenvalue weighted by molar-refractivity contribution is -0.116. The Hall–Kier alpha value is -2.11. The molecule has 0 spiro atoms. The van der Waals surface area contributed by atoms with Crippen LogP contribution in [-0.4, -0.2) is 26.2 Å². The van der Waals surface area contributed by atoms with E-state index in [1.807, 2.05) is 0 Å². The van der Waals surface area contributed by atoms with Crippen molar-refractivity contribution >= 4 is 40.5 Å². The number of anilines is 2. The lowest BCUT2D eigenvalue weighted by Gasteiger charge is -2.18. The number of nitrogens with one attached hydrogen (secondary N) is 2. The Labute approximate surface area is 150 Å². The predicted molar refractivity (Wildman–Crippen MR) is 97.7 cm³/mol.